The average molecular weight is 338 g/mol. The lowest BCUT2D eigenvalue weighted by atomic mass is 9.94. The standard InChI is InChI=1S/C17H22O3S2/c1-3-4-6-14(16(18)19)13-8-7-12(20-2)11-15(13)17-21-9-5-10-22-17/h4,6-8,11,14,17H,3,5,9-10H2,1-2H3,(H,18,19)/b6-4+. The van der Waals surface area contributed by atoms with Gasteiger partial charge in [0.25, 0.3) is 0 Å². The summed E-state index contributed by atoms with van der Waals surface area (Å²) in [7, 11) is 1.64. The molecule has 1 atom stereocenters. The summed E-state index contributed by atoms with van der Waals surface area (Å²) < 4.78 is 5.63. The van der Waals surface area contributed by atoms with Crippen LogP contribution >= 0.6 is 23.5 Å². The molecule has 0 spiro atoms. The minimum Gasteiger partial charge on any atom is -0.497 e. The monoisotopic (exact) mass is 338 g/mol. The predicted octanol–water partition coefficient (Wildman–Crippen LogP) is 4.70. The van der Waals surface area contributed by atoms with E-state index < -0.39 is 11.9 Å². The molecule has 0 amide bonds. The van der Waals surface area contributed by atoms with Gasteiger partial charge in [-0.05, 0) is 47.6 Å². The van der Waals surface area contributed by atoms with Crippen molar-refractivity contribution in [1.82, 2.24) is 0 Å². The largest absolute Gasteiger partial charge is 0.497 e. The molecule has 5 heteroatoms. The lowest BCUT2D eigenvalue weighted by molar-refractivity contribution is -0.137. The van der Waals surface area contributed by atoms with Crippen molar-refractivity contribution in [3.8, 4) is 5.75 Å². The third-order valence-electron chi connectivity index (χ3n) is 3.54. The van der Waals surface area contributed by atoms with Crippen LogP contribution in [-0.4, -0.2) is 29.7 Å². The Bertz CT molecular complexity index is 537. The third-order valence-corrected chi connectivity index (χ3v) is 6.52. The molecule has 0 radical (unpaired) electrons. The van der Waals surface area contributed by atoms with Gasteiger partial charge in [-0.1, -0.05) is 25.1 Å². The molecule has 0 aromatic heterocycles. The van der Waals surface area contributed by atoms with E-state index in [9.17, 15) is 9.90 Å². The van der Waals surface area contributed by atoms with Crippen molar-refractivity contribution in [2.45, 2.75) is 30.3 Å². The summed E-state index contributed by atoms with van der Waals surface area (Å²) in [6.07, 6.45) is 5.77. The van der Waals surface area contributed by atoms with E-state index in [1.54, 1.807) is 13.2 Å². The van der Waals surface area contributed by atoms with Crippen LogP contribution in [0.5, 0.6) is 5.75 Å². The van der Waals surface area contributed by atoms with E-state index in [2.05, 4.69) is 0 Å². The number of carboxylic acid groups (broad SMARTS) is 1. The van der Waals surface area contributed by atoms with Gasteiger partial charge in [0.1, 0.15) is 11.7 Å². The molecule has 0 aliphatic carbocycles. The number of carbonyl (C=O) groups is 1. The van der Waals surface area contributed by atoms with Gasteiger partial charge < -0.3 is 9.84 Å². The van der Waals surface area contributed by atoms with Crippen LogP contribution in [0.2, 0.25) is 0 Å². The molecule has 0 bridgehead atoms. The first-order chi connectivity index (χ1) is 10.7. The SMILES string of the molecule is CC/C=C/C(C(=O)O)c1ccc(OC)cc1C1SCCCS1. The molecule has 22 heavy (non-hydrogen) atoms. The van der Waals surface area contributed by atoms with Crippen LogP contribution in [0.3, 0.4) is 0 Å². The first-order valence-corrected chi connectivity index (χ1v) is 9.57. The second-order valence-electron chi connectivity index (χ2n) is 5.07. The Morgan fingerprint density at radius 1 is 1.45 bits per heavy atom. The Morgan fingerprint density at radius 2 is 2.18 bits per heavy atom. The maximum Gasteiger partial charge on any atom is 0.314 e. The molecule has 1 aliphatic heterocycles. The zero-order valence-electron chi connectivity index (χ0n) is 13.0. The highest BCUT2D eigenvalue weighted by atomic mass is 32.2. The molecule has 1 heterocycles. The predicted molar refractivity (Wildman–Crippen MR) is 95.1 cm³/mol. The van der Waals surface area contributed by atoms with Gasteiger partial charge in [0, 0.05) is 0 Å². The number of methoxy groups -OCH3 is 1. The molecule has 1 saturated heterocycles. The van der Waals surface area contributed by atoms with E-state index in [-0.39, 0.29) is 4.58 Å². The number of allylic oxidation sites excluding steroid dienone is 1. The lowest BCUT2D eigenvalue weighted by Crippen LogP contribution is -2.13. The molecule has 3 nitrogen and oxygen atoms in total. The molecule has 1 N–H and O–H groups in total. The van der Waals surface area contributed by atoms with Gasteiger partial charge >= 0.3 is 5.97 Å². The number of hydrogen-bond donors (Lipinski definition) is 1. The normalized spacial score (nSPS) is 17.5. The van der Waals surface area contributed by atoms with Gasteiger partial charge in [0.2, 0.25) is 0 Å². The van der Waals surface area contributed by atoms with Crippen LogP contribution < -0.4 is 4.74 Å². The molecule has 1 aliphatic rings. The van der Waals surface area contributed by atoms with Gasteiger partial charge in [-0.2, -0.15) is 0 Å². The molecule has 0 saturated carbocycles. The number of ether oxygens (including phenoxy) is 1. The summed E-state index contributed by atoms with van der Waals surface area (Å²) in [5.41, 5.74) is 1.96. The molecule has 1 aromatic carbocycles. The number of hydrogen-bond acceptors (Lipinski definition) is 4. The Kier molecular flexibility index (Phi) is 6.70. The van der Waals surface area contributed by atoms with E-state index in [0.29, 0.717) is 0 Å². The minimum absolute atomic E-state index is 0.288. The van der Waals surface area contributed by atoms with Crippen molar-refractivity contribution >= 4 is 29.5 Å². The van der Waals surface area contributed by atoms with Gasteiger partial charge in [-0.25, -0.2) is 0 Å². The van der Waals surface area contributed by atoms with Crippen LogP contribution in [0, 0.1) is 0 Å². The molecular weight excluding hydrogens is 316 g/mol. The van der Waals surface area contributed by atoms with E-state index in [1.807, 2.05) is 54.7 Å². The summed E-state index contributed by atoms with van der Waals surface area (Å²) >= 11 is 3.79. The molecule has 2 rings (SSSR count). The summed E-state index contributed by atoms with van der Waals surface area (Å²) in [4.78, 5) is 11.7. The number of benzene rings is 1. The van der Waals surface area contributed by atoms with E-state index in [0.717, 1.165) is 34.8 Å². The van der Waals surface area contributed by atoms with Gasteiger partial charge in [0.05, 0.1) is 11.7 Å². The highest BCUT2D eigenvalue weighted by Crippen LogP contribution is 2.47. The first kappa shape index (κ1) is 17.3. The van der Waals surface area contributed by atoms with Crippen molar-refractivity contribution in [2.24, 2.45) is 0 Å². The minimum atomic E-state index is -0.804. The Hall–Kier alpha value is -1.07. The number of thioether (sulfide) groups is 2. The lowest BCUT2D eigenvalue weighted by Gasteiger charge is -2.25. The summed E-state index contributed by atoms with van der Waals surface area (Å²) in [5.74, 6) is 1.63. The fourth-order valence-corrected chi connectivity index (χ4v) is 5.39. The average Bonchev–Trinajstić information content (AvgIpc) is 2.56. The van der Waals surface area contributed by atoms with Crippen LogP contribution in [0.4, 0.5) is 0 Å². The number of carboxylic acids is 1. The van der Waals surface area contributed by atoms with Crippen molar-refractivity contribution in [3.63, 3.8) is 0 Å². The Balaban J connectivity index is 2.43. The van der Waals surface area contributed by atoms with Crippen LogP contribution in [0.25, 0.3) is 0 Å². The zero-order valence-corrected chi connectivity index (χ0v) is 14.6. The molecule has 1 fully saturated rings. The zero-order chi connectivity index (χ0) is 15.9. The van der Waals surface area contributed by atoms with Crippen LogP contribution in [0.1, 0.15) is 41.4 Å². The van der Waals surface area contributed by atoms with E-state index in [1.165, 1.54) is 6.42 Å². The topological polar surface area (TPSA) is 46.5 Å². The summed E-state index contributed by atoms with van der Waals surface area (Å²) in [5, 5.41) is 9.61. The van der Waals surface area contributed by atoms with Gasteiger partial charge in [0.15, 0.2) is 0 Å². The van der Waals surface area contributed by atoms with Crippen molar-refractivity contribution in [1.29, 1.82) is 0 Å². The highest BCUT2D eigenvalue weighted by Gasteiger charge is 2.26. The van der Waals surface area contributed by atoms with Crippen LogP contribution in [-0.2, 0) is 4.79 Å². The number of rotatable bonds is 6. The fraction of sp³-hybridized carbons (Fsp3) is 0.471. The molecule has 120 valence electrons. The number of aliphatic carboxylic acids is 1. The quantitative estimate of drug-likeness (QED) is 0.762. The Morgan fingerprint density at radius 3 is 2.77 bits per heavy atom. The summed E-state index contributed by atoms with van der Waals surface area (Å²) in [6, 6.07) is 5.76. The maximum absolute atomic E-state index is 11.7. The van der Waals surface area contributed by atoms with Crippen molar-refractivity contribution < 1.29 is 14.6 Å². The van der Waals surface area contributed by atoms with E-state index in [4.69, 9.17) is 4.74 Å². The fourth-order valence-electron chi connectivity index (χ4n) is 2.43. The van der Waals surface area contributed by atoms with E-state index >= 15 is 0 Å². The van der Waals surface area contributed by atoms with Crippen molar-refractivity contribution in [3.05, 3.63) is 41.5 Å². The van der Waals surface area contributed by atoms with Gasteiger partial charge in [-0.3, -0.25) is 4.79 Å². The van der Waals surface area contributed by atoms with Gasteiger partial charge in [-0.15, -0.1) is 23.5 Å². The summed E-state index contributed by atoms with van der Waals surface area (Å²) in [6.45, 7) is 2.01. The molecule has 1 unspecified atom stereocenters. The smallest absolute Gasteiger partial charge is 0.314 e. The second kappa shape index (κ2) is 8.53. The Labute approximate surface area is 140 Å². The molecule has 1 aromatic rings. The van der Waals surface area contributed by atoms with Crippen molar-refractivity contribution in [2.75, 3.05) is 18.6 Å². The third kappa shape index (κ3) is 4.23. The second-order valence-corrected chi connectivity index (χ2v) is 7.80. The molecular formula is C17H22O3S2. The maximum atomic E-state index is 11.7. The van der Waals surface area contributed by atoms with Crippen LogP contribution in [0.15, 0.2) is 30.4 Å². The first-order valence-electron chi connectivity index (χ1n) is 7.47. The highest BCUT2D eigenvalue weighted by molar-refractivity contribution is 8.16.